The fourth-order valence-electron chi connectivity index (χ4n) is 1.01. The van der Waals surface area contributed by atoms with E-state index in [-0.39, 0.29) is 5.69 Å². The fraction of sp³-hybridized carbons (Fsp3) is 0.143. The number of nitrogens with zero attached hydrogens (tertiary/aromatic N) is 2. The molecule has 0 aliphatic heterocycles. The van der Waals surface area contributed by atoms with Gasteiger partial charge in [0, 0.05) is 0 Å². The number of H-pyrrole nitrogens is 1. The average molecular weight is 165 g/mol. The van der Waals surface area contributed by atoms with Crippen molar-refractivity contribution in [3.05, 3.63) is 28.8 Å². The maximum atomic E-state index is 11.0. The van der Waals surface area contributed by atoms with Crippen molar-refractivity contribution in [2.45, 2.75) is 0 Å². The van der Waals surface area contributed by atoms with Gasteiger partial charge in [0.1, 0.15) is 5.75 Å². The summed E-state index contributed by atoms with van der Waals surface area (Å²) in [6.45, 7) is 0. The zero-order valence-corrected chi connectivity index (χ0v) is 6.44. The quantitative estimate of drug-likeness (QED) is 0.648. The lowest BCUT2D eigenvalue weighted by atomic mass is 10.4. The van der Waals surface area contributed by atoms with Gasteiger partial charge < -0.3 is 4.74 Å². The average Bonchev–Trinajstić information content (AvgIpc) is 2.47. The van der Waals surface area contributed by atoms with Gasteiger partial charge >= 0.3 is 5.69 Å². The summed E-state index contributed by atoms with van der Waals surface area (Å²) < 4.78 is 6.33. The Morgan fingerprint density at radius 1 is 1.58 bits per heavy atom. The molecule has 0 bridgehead atoms. The molecule has 2 rings (SSSR count). The minimum absolute atomic E-state index is 0.260. The van der Waals surface area contributed by atoms with Gasteiger partial charge in [-0.15, -0.1) is 0 Å². The molecule has 2 aromatic heterocycles. The summed E-state index contributed by atoms with van der Waals surface area (Å²) >= 11 is 0. The first-order valence-electron chi connectivity index (χ1n) is 3.42. The fourth-order valence-corrected chi connectivity index (χ4v) is 1.01. The number of aromatic nitrogens is 3. The Labute approximate surface area is 67.6 Å². The van der Waals surface area contributed by atoms with E-state index in [1.165, 1.54) is 4.40 Å². The van der Waals surface area contributed by atoms with E-state index >= 15 is 0 Å². The van der Waals surface area contributed by atoms with Gasteiger partial charge in [-0.25, -0.2) is 14.3 Å². The second-order valence-corrected chi connectivity index (χ2v) is 2.33. The Kier molecular flexibility index (Phi) is 1.36. The maximum Gasteiger partial charge on any atom is 0.347 e. The van der Waals surface area contributed by atoms with Crippen LogP contribution in [0.1, 0.15) is 0 Å². The maximum absolute atomic E-state index is 11.0. The lowest BCUT2D eigenvalue weighted by molar-refractivity contribution is 0.412. The van der Waals surface area contributed by atoms with E-state index in [0.717, 1.165) is 0 Å². The van der Waals surface area contributed by atoms with Crippen LogP contribution in [0.5, 0.6) is 5.75 Å². The van der Waals surface area contributed by atoms with Gasteiger partial charge in [-0.05, 0) is 12.1 Å². The van der Waals surface area contributed by atoms with E-state index in [1.54, 1.807) is 25.4 Å². The monoisotopic (exact) mass is 165 g/mol. The van der Waals surface area contributed by atoms with Crippen molar-refractivity contribution in [1.29, 1.82) is 0 Å². The van der Waals surface area contributed by atoms with Crippen LogP contribution < -0.4 is 10.4 Å². The predicted octanol–water partition coefficient (Wildman–Crippen LogP) is 0.0312. The van der Waals surface area contributed by atoms with E-state index in [2.05, 4.69) is 10.2 Å². The van der Waals surface area contributed by atoms with Crippen molar-refractivity contribution in [1.82, 2.24) is 14.6 Å². The van der Waals surface area contributed by atoms with Crippen molar-refractivity contribution >= 4 is 5.65 Å². The molecule has 0 fully saturated rings. The molecule has 5 nitrogen and oxygen atoms in total. The molecule has 0 saturated carbocycles. The van der Waals surface area contributed by atoms with Gasteiger partial charge in [0.15, 0.2) is 5.65 Å². The third-order valence-electron chi connectivity index (χ3n) is 1.62. The number of nitrogens with one attached hydrogen (secondary N) is 1. The minimum Gasteiger partial charge on any atom is -0.495 e. The first kappa shape index (κ1) is 6.90. The second kappa shape index (κ2) is 2.37. The van der Waals surface area contributed by atoms with E-state index < -0.39 is 0 Å². The van der Waals surface area contributed by atoms with E-state index in [1.807, 2.05) is 0 Å². The smallest absolute Gasteiger partial charge is 0.347 e. The highest BCUT2D eigenvalue weighted by atomic mass is 16.5. The Bertz CT molecular complexity index is 457. The highest BCUT2D eigenvalue weighted by Gasteiger charge is 1.99. The lowest BCUT2D eigenvalue weighted by Crippen LogP contribution is -2.08. The Balaban J connectivity index is 2.80. The van der Waals surface area contributed by atoms with Crippen LogP contribution >= 0.6 is 0 Å². The van der Waals surface area contributed by atoms with Crippen molar-refractivity contribution < 1.29 is 4.74 Å². The van der Waals surface area contributed by atoms with Crippen molar-refractivity contribution in [3.8, 4) is 5.75 Å². The summed E-state index contributed by atoms with van der Waals surface area (Å²) in [6.07, 6.45) is 1.58. The van der Waals surface area contributed by atoms with Crippen LogP contribution in [0.15, 0.2) is 23.1 Å². The normalized spacial score (nSPS) is 10.4. The molecule has 0 radical (unpaired) electrons. The highest BCUT2D eigenvalue weighted by molar-refractivity contribution is 5.39. The number of ether oxygens (including phenoxy) is 1. The third kappa shape index (κ3) is 0.868. The van der Waals surface area contributed by atoms with Gasteiger partial charge in [0.2, 0.25) is 0 Å². The molecule has 5 heteroatoms. The van der Waals surface area contributed by atoms with Crippen LogP contribution in [-0.2, 0) is 0 Å². The SMILES string of the molecule is COc1ccc2n[nH]c(=O)n2c1. The van der Waals surface area contributed by atoms with E-state index in [9.17, 15) is 4.79 Å². The van der Waals surface area contributed by atoms with Crippen LogP contribution in [0, 0.1) is 0 Å². The number of hydrogen-bond donors (Lipinski definition) is 1. The van der Waals surface area contributed by atoms with Gasteiger partial charge in [-0.3, -0.25) is 0 Å². The van der Waals surface area contributed by atoms with Crippen molar-refractivity contribution in [3.63, 3.8) is 0 Å². The number of rotatable bonds is 1. The summed E-state index contributed by atoms with van der Waals surface area (Å²) in [4.78, 5) is 11.0. The molecule has 2 aromatic rings. The van der Waals surface area contributed by atoms with Gasteiger partial charge in [0.05, 0.1) is 13.3 Å². The van der Waals surface area contributed by atoms with Gasteiger partial charge in [-0.1, -0.05) is 0 Å². The van der Waals surface area contributed by atoms with Crippen LogP contribution in [0.3, 0.4) is 0 Å². The molecule has 0 atom stereocenters. The molecular weight excluding hydrogens is 158 g/mol. The standard InChI is InChI=1S/C7H7N3O2/c1-12-5-2-3-6-8-9-7(11)10(6)4-5/h2-4H,1H3,(H,9,11). The molecule has 0 spiro atoms. The Hall–Kier alpha value is -1.78. The molecule has 0 saturated heterocycles. The minimum atomic E-state index is -0.260. The summed E-state index contributed by atoms with van der Waals surface area (Å²) in [5.41, 5.74) is 0.324. The molecule has 62 valence electrons. The van der Waals surface area contributed by atoms with Crippen molar-refractivity contribution in [2.24, 2.45) is 0 Å². The number of hydrogen-bond acceptors (Lipinski definition) is 3. The number of fused-ring (bicyclic) bond motifs is 1. The van der Waals surface area contributed by atoms with Crippen LogP contribution in [0.25, 0.3) is 5.65 Å². The molecule has 0 unspecified atom stereocenters. The van der Waals surface area contributed by atoms with Crippen LogP contribution in [0.4, 0.5) is 0 Å². The van der Waals surface area contributed by atoms with Crippen LogP contribution in [0.2, 0.25) is 0 Å². The Morgan fingerprint density at radius 2 is 2.42 bits per heavy atom. The summed E-state index contributed by atoms with van der Waals surface area (Å²) in [5, 5.41) is 6.09. The van der Waals surface area contributed by atoms with E-state index in [4.69, 9.17) is 4.74 Å². The molecule has 0 aliphatic rings. The first-order chi connectivity index (χ1) is 5.81. The zero-order valence-electron chi connectivity index (χ0n) is 6.44. The highest BCUT2D eigenvalue weighted by Crippen LogP contribution is 2.08. The van der Waals surface area contributed by atoms with Crippen molar-refractivity contribution in [2.75, 3.05) is 7.11 Å². The molecule has 0 aromatic carbocycles. The molecule has 1 N–H and O–H groups in total. The lowest BCUT2D eigenvalue weighted by Gasteiger charge is -1.97. The second-order valence-electron chi connectivity index (χ2n) is 2.33. The van der Waals surface area contributed by atoms with E-state index in [0.29, 0.717) is 11.4 Å². The number of pyridine rings is 1. The molecular formula is C7H7N3O2. The Morgan fingerprint density at radius 3 is 3.17 bits per heavy atom. The predicted molar refractivity (Wildman–Crippen MR) is 42.4 cm³/mol. The summed E-state index contributed by atoms with van der Waals surface area (Å²) in [5.74, 6) is 0.631. The molecule has 2 heterocycles. The first-order valence-corrected chi connectivity index (χ1v) is 3.42. The van der Waals surface area contributed by atoms with Crippen LogP contribution in [-0.4, -0.2) is 21.7 Å². The third-order valence-corrected chi connectivity index (χ3v) is 1.62. The topological polar surface area (TPSA) is 59.4 Å². The van der Waals surface area contributed by atoms with Gasteiger partial charge in [0.25, 0.3) is 0 Å². The molecule has 0 aliphatic carbocycles. The zero-order chi connectivity index (χ0) is 8.55. The van der Waals surface area contributed by atoms with Gasteiger partial charge in [-0.2, -0.15) is 5.10 Å². The summed E-state index contributed by atoms with van der Waals surface area (Å²) in [7, 11) is 1.55. The number of aromatic amines is 1. The largest absolute Gasteiger partial charge is 0.495 e. The molecule has 12 heavy (non-hydrogen) atoms. The molecule has 0 amide bonds. The summed E-state index contributed by atoms with van der Waals surface area (Å²) in [6, 6.07) is 3.45. The number of methoxy groups -OCH3 is 1.